The number of hydrogen-bond acceptors (Lipinski definition) is 10. The summed E-state index contributed by atoms with van der Waals surface area (Å²) < 4.78 is 20.2. The number of rotatable bonds is 6. The molecule has 5 rings (SSSR count). The molecule has 5 heterocycles. The molecule has 4 aromatic heterocycles. The van der Waals surface area contributed by atoms with Gasteiger partial charge < -0.3 is 10.0 Å². The van der Waals surface area contributed by atoms with Crippen molar-refractivity contribution in [1.29, 1.82) is 0 Å². The predicted molar refractivity (Wildman–Crippen MR) is 119 cm³/mol. The Balaban J connectivity index is 1.48. The van der Waals surface area contributed by atoms with Gasteiger partial charge in [0.05, 0.1) is 17.7 Å². The summed E-state index contributed by atoms with van der Waals surface area (Å²) in [5.74, 6) is -2.47. The Labute approximate surface area is 193 Å². The molecule has 1 saturated heterocycles. The first-order valence-electron chi connectivity index (χ1n) is 9.77. The van der Waals surface area contributed by atoms with E-state index in [9.17, 15) is 23.9 Å². The largest absolute Gasteiger partial charge is 0.477 e. The molecular formula is C20H15FN6O4S2. The fourth-order valence-corrected chi connectivity index (χ4v) is 4.95. The highest BCUT2D eigenvalue weighted by Crippen LogP contribution is 2.30. The van der Waals surface area contributed by atoms with E-state index in [-0.39, 0.29) is 53.2 Å². The van der Waals surface area contributed by atoms with E-state index in [4.69, 9.17) is 0 Å². The van der Waals surface area contributed by atoms with Crippen molar-refractivity contribution < 1.29 is 19.1 Å². The average Bonchev–Trinajstić information content (AvgIpc) is 3.40. The first kappa shape index (κ1) is 21.3. The Morgan fingerprint density at radius 1 is 1.30 bits per heavy atom. The highest BCUT2D eigenvalue weighted by Gasteiger charge is 2.35. The summed E-state index contributed by atoms with van der Waals surface area (Å²) in [6.07, 6.45) is 4.35. The van der Waals surface area contributed by atoms with E-state index in [0.717, 1.165) is 33.7 Å². The Morgan fingerprint density at radius 2 is 2.09 bits per heavy atom. The van der Waals surface area contributed by atoms with Gasteiger partial charge in [-0.1, -0.05) is 0 Å². The first-order valence-corrected chi connectivity index (χ1v) is 11.4. The molecule has 33 heavy (non-hydrogen) atoms. The zero-order chi connectivity index (χ0) is 23.3. The maximum Gasteiger partial charge on any atom is 0.341 e. The van der Waals surface area contributed by atoms with Crippen molar-refractivity contribution in [3.8, 4) is 5.13 Å². The molecule has 0 aliphatic carbocycles. The van der Waals surface area contributed by atoms with Gasteiger partial charge in [0.15, 0.2) is 17.3 Å². The SMILES string of the molecule is Cc1cnc(CC(=O)C2CN(c3nc4c(cc3F)c(=O)c(C(=O)O)cn4-c3ncns3)C2)s1. The normalized spacial score (nSPS) is 13.9. The van der Waals surface area contributed by atoms with Crippen LogP contribution in [0.1, 0.15) is 20.2 Å². The number of aromatic carboxylic acids is 1. The number of pyridine rings is 2. The quantitative estimate of drug-likeness (QED) is 0.435. The molecule has 168 valence electrons. The van der Waals surface area contributed by atoms with Gasteiger partial charge in [-0.3, -0.25) is 14.2 Å². The van der Waals surface area contributed by atoms with Crippen LogP contribution in [0.2, 0.25) is 0 Å². The number of Topliss-reactive ketones (excluding diaryl/α,β-unsaturated/α-hetero) is 1. The number of hydrogen-bond donors (Lipinski definition) is 1. The second kappa shape index (κ2) is 8.08. The lowest BCUT2D eigenvalue weighted by atomic mass is 9.93. The lowest BCUT2D eigenvalue weighted by molar-refractivity contribution is -0.122. The molecular weight excluding hydrogens is 471 g/mol. The smallest absolute Gasteiger partial charge is 0.341 e. The molecule has 0 saturated carbocycles. The van der Waals surface area contributed by atoms with Crippen LogP contribution in [0.25, 0.3) is 16.2 Å². The highest BCUT2D eigenvalue weighted by molar-refractivity contribution is 7.11. The Hall–Kier alpha value is -3.58. The average molecular weight is 487 g/mol. The molecule has 10 nitrogen and oxygen atoms in total. The second-order valence-corrected chi connectivity index (χ2v) is 9.62. The molecule has 0 radical (unpaired) electrons. The van der Waals surface area contributed by atoms with Crippen LogP contribution in [0.5, 0.6) is 0 Å². The third kappa shape index (κ3) is 3.78. The maximum absolute atomic E-state index is 14.9. The van der Waals surface area contributed by atoms with Gasteiger partial charge in [-0.15, -0.1) is 11.3 Å². The molecule has 0 spiro atoms. The summed E-state index contributed by atoms with van der Waals surface area (Å²) in [4.78, 5) is 51.9. The number of aryl methyl sites for hydroxylation is 1. The first-order chi connectivity index (χ1) is 15.8. The van der Waals surface area contributed by atoms with Crippen molar-refractivity contribution >= 4 is 51.5 Å². The minimum Gasteiger partial charge on any atom is -0.477 e. The van der Waals surface area contributed by atoms with Crippen molar-refractivity contribution in [2.75, 3.05) is 18.0 Å². The number of carboxylic acids is 1. The van der Waals surface area contributed by atoms with E-state index < -0.39 is 22.8 Å². The summed E-state index contributed by atoms with van der Waals surface area (Å²) in [6.45, 7) is 2.50. The van der Waals surface area contributed by atoms with E-state index in [2.05, 4.69) is 19.3 Å². The van der Waals surface area contributed by atoms with Crippen LogP contribution in [-0.2, 0) is 11.2 Å². The molecule has 0 bridgehead atoms. The summed E-state index contributed by atoms with van der Waals surface area (Å²) in [5.41, 5.74) is -1.31. The van der Waals surface area contributed by atoms with Crippen molar-refractivity contribution in [2.45, 2.75) is 13.3 Å². The van der Waals surface area contributed by atoms with Gasteiger partial charge in [-0.25, -0.2) is 24.1 Å². The number of nitrogens with zero attached hydrogens (tertiary/aromatic N) is 6. The van der Waals surface area contributed by atoms with Crippen LogP contribution in [-0.4, -0.2) is 53.8 Å². The Kier molecular flexibility index (Phi) is 5.21. The van der Waals surface area contributed by atoms with E-state index >= 15 is 0 Å². The van der Waals surface area contributed by atoms with Gasteiger partial charge in [0.1, 0.15) is 22.7 Å². The summed E-state index contributed by atoms with van der Waals surface area (Å²) >= 11 is 2.44. The van der Waals surface area contributed by atoms with Crippen LogP contribution >= 0.6 is 22.9 Å². The molecule has 1 N–H and O–H groups in total. The minimum atomic E-state index is -1.44. The van der Waals surface area contributed by atoms with Crippen molar-refractivity contribution in [3.05, 3.63) is 56.3 Å². The van der Waals surface area contributed by atoms with Gasteiger partial charge in [0.2, 0.25) is 10.6 Å². The number of anilines is 1. The van der Waals surface area contributed by atoms with Crippen LogP contribution in [0.15, 0.2) is 29.6 Å². The summed E-state index contributed by atoms with van der Waals surface area (Å²) in [6, 6.07) is 0.984. The second-order valence-electron chi connectivity index (χ2n) is 7.55. The van der Waals surface area contributed by atoms with E-state index in [1.165, 1.54) is 22.2 Å². The molecule has 1 fully saturated rings. The lowest BCUT2D eigenvalue weighted by Crippen LogP contribution is -2.51. The monoisotopic (exact) mass is 486 g/mol. The fraction of sp³-hybridized carbons (Fsp3) is 0.250. The van der Waals surface area contributed by atoms with Crippen molar-refractivity contribution in [2.24, 2.45) is 5.92 Å². The molecule has 13 heteroatoms. The highest BCUT2D eigenvalue weighted by atomic mass is 32.1. The van der Waals surface area contributed by atoms with Crippen molar-refractivity contribution in [3.63, 3.8) is 0 Å². The number of ketones is 1. The fourth-order valence-electron chi connectivity index (χ4n) is 3.64. The third-order valence-corrected chi connectivity index (χ3v) is 6.91. The van der Waals surface area contributed by atoms with Crippen LogP contribution in [0.4, 0.5) is 10.2 Å². The topological polar surface area (TPSA) is 131 Å². The molecule has 4 aromatic rings. The molecule has 1 aliphatic heterocycles. The van der Waals surface area contributed by atoms with Crippen LogP contribution in [0, 0.1) is 18.7 Å². The van der Waals surface area contributed by atoms with E-state index in [1.54, 1.807) is 11.1 Å². The van der Waals surface area contributed by atoms with Gasteiger partial charge in [-0.05, 0) is 13.0 Å². The van der Waals surface area contributed by atoms with Crippen LogP contribution in [0.3, 0.4) is 0 Å². The zero-order valence-electron chi connectivity index (χ0n) is 17.1. The standard InChI is InChI=1S/C20H15FN6O4S2/c1-9-4-22-15(32-9)3-14(28)10-5-26(6-10)18-13(21)2-11-16(29)12(19(30)31)7-27(17(11)25-18)20-23-8-24-33-20/h2,4,7-8,10H,3,5-6H2,1H3,(H,30,31). The van der Waals surface area contributed by atoms with Gasteiger partial charge in [0.25, 0.3) is 0 Å². The summed E-state index contributed by atoms with van der Waals surface area (Å²) in [7, 11) is 0. The predicted octanol–water partition coefficient (Wildman–Crippen LogP) is 2.09. The van der Waals surface area contributed by atoms with Crippen molar-refractivity contribution in [1.82, 2.24) is 23.9 Å². The Bertz CT molecular complexity index is 1460. The van der Waals surface area contributed by atoms with E-state index in [0.29, 0.717) is 0 Å². The third-order valence-electron chi connectivity index (χ3n) is 5.33. The van der Waals surface area contributed by atoms with Crippen LogP contribution < -0.4 is 10.3 Å². The Morgan fingerprint density at radius 3 is 2.73 bits per heavy atom. The molecule has 0 aromatic carbocycles. The number of carboxylic acid groups (broad SMARTS) is 1. The van der Waals surface area contributed by atoms with Gasteiger partial charge in [-0.2, -0.15) is 4.37 Å². The molecule has 0 unspecified atom stereocenters. The number of fused-ring (bicyclic) bond motifs is 1. The maximum atomic E-state index is 14.9. The van der Waals surface area contributed by atoms with E-state index in [1.807, 2.05) is 6.92 Å². The molecule has 0 amide bonds. The molecule has 1 aliphatic rings. The number of carbonyl (C=O) groups excluding carboxylic acids is 1. The number of halogens is 1. The van der Waals surface area contributed by atoms with Gasteiger partial charge in [0, 0.05) is 41.9 Å². The van der Waals surface area contributed by atoms with Gasteiger partial charge >= 0.3 is 5.97 Å². The minimum absolute atomic E-state index is 0.0163. The zero-order valence-corrected chi connectivity index (χ0v) is 18.7. The number of aromatic nitrogens is 5. The molecule has 0 atom stereocenters. The number of thiazole rings is 1. The number of carbonyl (C=O) groups is 2. The summed E-state index contributed by atoms with van der Waals surface area (Å²) in [5, 5.41) is 10.2. The lowest BCUT2D eigenvalue weighted by Gasteiger charge is -2.39.